The SMILES string of the molecule is O=C(O)/C=C/C=C/S(=O)(=O)c1ccccc1. The highest BCUT2D eigenvalue weighted by atomic mass is 32.2. The Kier molecular flexibility index (Phi) is 4.02. The normalized spacial score (nSPS) is 12.2. The van der Waals surface area contributed by atoms with Gasteiger partial charge >= 0.3 is 5.97 Å². The van der Waals surface area contributed by atoms with E-state index in [-0.39, 0.29) is 4.90 Å². The molecule has 0 amide bonds. The second-order valence-corrected chi connectivity index (χ2v) is 4.72. The van der Waals surface area contributed by atoms with Gasteiger partial charge < -0.3 is 5.11 Å². The molecular weight excluding hydrogens is 228 g/mol. The van der Waals surface area contributed by atoms with Crippen molar-refractivity contribution in [3.63, 3.8) is 0 Å². The van der Waals surface area contributed by atoms with Crippen LogP contribution in [0.4, 0.5) is 0 Å². The fourth-order valence-corrected chi connectivity index (χ4v) is 1.97. The second kappa shape index (κ2) is 5.27. The Balaban J connectivity index is 2.85. The van der Waals surface area contributed by atoms with E-state index in [1.54, 1.807) is 18.2 Å². The van der Waals surface area contributed by atoms with Crippen LogP contribution in [0.2, 0.25) is 0 Å². The van der Waals surface area contributed by atoms with Crippen LogP contribution in [0, 0.1) is 0 Å². The van der Waals surface area contributed by atoms with E-state index in [1.165, 1.54) is 18.2 Å². The molecule has 1 aromatic rings. The number of carboxylic acid groups (broad SMARTS) is 1. The maximum Gasteiger partial charge on any atom is 0.328 e. The van der Waals surface area contributed by atoms with Crippen LogP contribution in [0.3, 0.4) is 0 Å². The number of carboxylic acids is 1. The number of carbonyl (C=O) groups is 1. The summed E-state index contributed by atoms with van der Waals surface area (Å²) in [5.74, 6) is -1.12. The molecule has 0 spiro atoms. The van der Waals surface area contributed by atoms with E-state index in [2.05, 4.69) is 0 Å². The van der Waals surface area contributed by atoms with Gasteiger partial charge in [0.25, 0.3) is 0 Å². The molecule has 16 heavy (non-hydrogen) atoms. The summed E-state index contributed by atoms with van der Waals surface area (Å²) in [6.45, 7) is 0. The van der Waals surface area contributed by atoms with Gasteiger partial charge in [-0.1, -0.05) is 30.4 Å². The molecule has 0 unspecified atom stereocenters. The van der Waals surface area contributed by atoms with Gasteiger partial charge in [0.05, 0.1) is 4.90 Å². The predicted molar refractivity (Wildman–Crippen MR) is 59.5 cm³/mol. The zero-order valence-electron chi connectivity index (χ0n) is 8.28. The minimum absolute atomic E-state index is 0.176. The van der Waals surface area contributed by atoms with E-state index >= 15 is 0 Å². The van der Waals surface area contributed by atoms with E-state index in [4.69, 9.17) is 5.11 Å². The molecular formula is C11H10O4S. The van der Waals surface area contributed by atoms with E-state index in [1.807, 2.05) is 0 Å². The lowest BCUT2D eigenvalue weighted by atomic mass is 10.4. The maximum absolute atomic E-state index is 11.6. The summed E-state index contributed by atoms with van der Waals surface area (Å²) < 4.78 is 23.2. The predicted octanol–water partition coefficient (Wildman–Crippen LogP) is 1.61. The number of aliphatic carboxylic acids is 1. The molecule has 0 radical (unpaired) electrons. The molecule has 0 atom stereocenters. The molecule has 4 nitrogen and oxygen atoms in total. The number of hydrogen-bond donors (Lipinski definition) is 1. The quantitative estimate of drug-likeness (QED) is 0.639. The summed E-state index contributed by atoms with van der Waals surface area (Å²) in [5.41, 5.74) is 0. The molecule has 0 saturated heterocycles. The summed E-state index contributed by atoms with van der Waals surface area (Å²) in [7, 11) is -3.48. The molecule has 1 N–H and O–H groups in total. The maximum atomic E-state index is 11.6. The average Bonchev–Trinajstić information content (AvgIpc) is 2.26. The van der Waals surface area contributed by atoms with Crippen molar-refractivity contribution in [2.75, 3.05) is 0 Å². The van der Waals surface area contributed by atoms with Crippen LogP contribution < -0.4 is 0 Å². The first-order chi connectivity index (χ1) is 7.52. The molecule has 1 aromatic carbocycles. The Bertz CT molecular complexity index is 512. The number of sulfone groups is 1. The van der Waals surface area contributed by atoms with Gasteiger partial charge in [-0.25, -0.2) is 13.2 Å². The van der Waals surface area contributed by atoms with Gasteiger partial charge in [0.15, 0.2) is 9.84 Å². The molecule has 0 aliphatic rings. The zero-order valence-corrected chi connectivity index (χ0v) is 9.09. The number of allylic oxidation sites excluding steroid dienone is 2. The van der Waals surface area contributed by atoms with Crippen LogP contribution >= 0.6 is 0 Å². The van der Waals surface area contributed by atoms with Crippen molar-refractivity contribution in [3.8, 4) is 0 Å². The van der Waals surface area contributed by atoms with Gasteiger partial charge in [0, 0.05) is 11.5 Å². The third-order valence-corrected chi connectivity index (χ3v) is 3.12. The van der Waals surface area contributed by atoms with E-state index in [0.29, 0.717) is 0 Å². The van der Waals surface area contributed by atoms with Crippen molar-refractivity contribution >= 4 is 15.8 Å². The third kappa shape index (κ3) is 3.70. The highest BCUT2D eigenvalue weighted by Gasteiger charge is 2.07. The van der Waals surface area contributed by atoms with Gasteiger partial charge in [-0.15, -0.1) is 0 Å². The first-order valence-corrected chi connectivity index (χ1v) is 5.95. The first-order valence-electron chi connectivity index (χ1n) is 4.40. The molecule has 0 aromatic heterocycles. The highest BCUT2D eigenvalue weighted by molar-refractivity contribution is 7.94. The fourth-order valence-electron chi connectivity index (χ4n) is 0.975. The van der Waals surface area contributed by atoms with Crippen molar-refractivity contribution in [2.45, 2.75) is 4.90 Å². The van der Waals surface area contributed by atoms with E-state index in [9.17, 15) is 13.2 Å². The highest BCUT2D eigenvalue weighted by Crippen LogP contribution is 2.10. The van der Waals surface area contributed by atoms with E-state index in [0.717, 1.165) is 17.6 Å². The lowest BCUT2D eigenvalue weighted by molar-refractivity contribution is -0.131. The second-order valence-electron chi connectivity index (χ2n) is 2.88. The van der Waals surface area contributed by atoms with E-state index < -0.39 is 15.8 Å². The number of rotatable bonds is 4. The lowest BCUT2D eigenvalue weighted by Crippen LogP contribution is -1.94. The van der Waals surface area contributed by atoms with Crippen molar-refractivity contribution in [1.29, 1.82) is 0 Å². The summed E-state index contributed by atoms with van der Waals surface area (Å²) in [4.78, 5) is 10.3. The van der Waals surface area contributed by atoms with Crippen molar-refractivity contribution < 1.29 is 18.3 Å². The molecule has 0 aliphatic carbocycles. The average molecular weight is 238 g/mol. The van der Waals surface area contributed by atoms with Crippen LogP contribution in [-0.4, -0.2) is 19.5 Å². The summed E-state index contributed by atoms with van der Waals surface area (Å²) in [5, 5.41) is 9.25. The Morgan fingerprint density at radius 2 is 1.75 bits per heavy atom. The van der Waals surface area contributed by atoms with Gasteiger partial charge in [-0.2, -0.15) is 0 Å². The van der Waals surface area contributed by atoms with Gasteiger partial charge in [-0.3, -0.25) is 0 Å². The van der Waals surface area contributed by atoms with Crippen LogP contribution in [0.15, 0.2) is 58.9 Å². The standard InChI is InChI=1S/C11H10O4S/c12-11(13)8-4-5-9-16(14,15)10-6-2-1-3-7-10/h1-9H,(H,12,13)/b8-4+,9-5+. The molecule has 0 fully saturated rings. The van der Waals surface area contributed by atoms with Gasteiger partial charge in [0.1, 0.15) is 0 Å². The van der Waals surface area contributed by atoms with Crippen LogP contribution in [0.5, 0.6) is 0 Å². The van der Waals surface area contributed by atoms with Crippen LogP contribution in [0.1, 0.15) is 0 Å². The summed E-state index contributed by atoms with van der Waals surface area (Å²) in [6.07, 6.45) is 3.19. The van der Waals surface area contributed by atoms with Crippen molar-refractivity contribution in [1.82, 2.24) is 0 Å². The van der Waals surface area contributed by atoms with Crippen LogP contribution in [-0.2, 0) is 14.6 Å². The monoisotopic (exact) mass is 238 g/mol. The molecule has 1 rings (SSSR count). The zero-order chi connectivity index (χ0) is 12.0. The Hall–Kier alpha value is -1.88. The minimum Gasteiger partial charge on any atom is -0.478 e. The number of hydrogen-bond acceptors (Lipinski definition) is 3. The summed E-state index contributed by atoms with van der Waals surface area (Å²) in [6, 6.07) is 7.90. The number of benzene rings is 1. The molecule has 0 bridgehead atoms. The Morgan fingerprint density at radius 1 is 1.12 bits per heavy atom. The Morgan fingerprint density at radius 3 is 2.31 bits per heavy atom. The fraction of sp³-hybridized carbons (Fsp3) is 0. The largest absolute Gasteiger partial charge is 0.478 e. The molecule has 84 valence electrons. The first kappa shape index (κ1) is 12.2. The lowest BCUT2D eigenvalue weighted by Gasteiger charge is -1.96. The molecule has 0 saturated carbocycles. The Labute approximate surface area is 93.5 Å². The molecule has 0 aliphatic heterocycles. The smallest absolute Gasteiger partial charge is 0.328 e. The summed E-state index contributed by atoms with van der Waals surface area (Å²) >= 11 is 0. The van der Waals surface area contributed by atoms with Gasteiger partial charge in [0.2, 0.25) is 0 Å². The molecule has 0 heterocycles. The van der Waals surface area contributed by atoms with Gasteiger partial charge in [-0.05, 0) is 12.1 Å². The topological polar surface area (TPSA) is 71.4 Å². The van der Waals surface area contributed by atoms with Crippen molar-refractivity contribution in [3.05, 3.63) is 54.0 Å². The molecule has 5 heteroatoms. The van der Waals surface area contributed by atoms with Crippen LogP contribution in [0.25, 0.3) is 0 Å². The van der Waals surface area contributed by atoms with Crippen molar-refractivity contribution in [2.24, 2.45) is 0 Å². The third-order valence-electron chi connectivity index (χ3n) is 1.68. The minimum atomic E-state index is -3.48.